The molecule has 56 heavy (non-hydrogen) atoms. The van der Waals surface area contributed by atoms with E-state index >= 15 is 0 Å². The van der Waals surface area contributed by atoms with E-state index in [2.05, 4.69) is 37.9 Å². The highest BCUT2D eigenvalue weighted by Crippen LogP contribution is 2.22. The van der Waals surface area contributed by atoms with Crippen molar-refractivity contribution >= 4 is 29.6 Å². The number of nitrogens with zero attached hydrogens (tertiary/aromatic N) is 1. The summed E-state index contributed by atoms with van der Waals surface area (Å²) in [6.07, 6.45) is 31.3. The fourth-order valence-corrected chi connectivity index (χ4v) is 8.50. The molecule has 1 saturated heterocycles. The number of morpholine rings is 1. The minimum atomic E-state index is -0.833. The van der Waals surface area contributed by atoms with Crippen molar-refractivity contribution in [3.8, 4) is 0 Å². The zero-order valence-electron chi connectivity index (χ0n) is 37.2. The Hall–Kier alpha value is -1.32. The third kappa shape index (κ3) is 30.7. The van der Waals surface area contributed by atoms with Gasteiger partial charge in [-0.05, 0) is 69.6 Å². The molecule has 3 unspecified atom stereocenters. The van der Waals surface area contributed by atoms with Crippen LogP contribution in [0.4, 0.5) is 0 Å². The molecule has 330 valence electrons. The lowest BCUT2D eigenvalue weighted by molar-refractivity contribution is -0.158. The van der Waals surface area contributed by atoms with E-state index in [1.54, 1.807) is 11.8 Å². The second-order valence-corrected chi connectivity index (χ2v) is 17.8. The van der Waals surface area contributed by atoms with Crippen molar-refractivity contribution < 1.29 is 28.6 Å². The van der Waals surface area contributed by atoms with Crippen LogP contribution in [0.15, 0.2) is 0 Å². The Balaban J connectivity index is 2.68. The average molecular weight is 811 g/mol. The number of ether oxygens (including phenoxy) is 3. The highest BCUT2D eigenvalue weighted by molar-refractivity contribution is 7.99. The van der Waals surface area contributed by atoms with Crippen LogP contribution in [0.3, 0.4) is 0 Å². The number of unbranched alkanes of at least 4 members (excludes halogenated alkanes) is 17. The maximum absolute atomic E-state index is 13.8. The van der Waals surface area contributed by atoms with Crippen LogP contribution in [-0.2, 0) is 28.6 Å². The first-order valence-electron chi connectivity index (χ1n) is 24.0. The Morgan fingerprint density at radius 2 is 1.12 bits per heavy atom. The van der Waals surface area contributed by atoms with Crippen molar-refractivity contribution in [2.45, 2.75) is 214 Å². The number of thioether (sulfide) groups is 1. The highest BCUT2D eigenvalue weighted by atomic mass is 32.2. The highest BCUT2D eigenvalue weighted by Gasteiger charge is 2.30. The number of rotatable bonds is 40. The molecule has 0 aromatic rings. The molecule has 3 atom stereocenters. The van der Waals surface area contributed by atoms with Crippen LogP contribution < -0.4 is 5.32 Å². The lowest BCUT2D eigenvalue weighted by Gasteiger charge is -2.26. The van der Waals surface area contributed by atoms with Crippen molar-refractivity contribution in [3.05, 3.63) is 0 Å². The smallest absolute Gasteiger partial charge is 0.318 e. The lowest BCUT2D eigenvalue weighted by atomic mass is 9.95. The second kappa shape index (κ2) is 39.2. The number of amides is 1. The summed E-state index contributed by atoms with van der Waals surface area (Å²) in [6.45, 7) is 14.3. The summed E-state index contributed by atoms with van der Waals surface area (Å²) in [5.41, 5.74) is 0. The standard InChI is InChI=1S/C47H90N2O6S/c1-5-9-13-17-19-21-25-30-43(29-24-16-12-8-4)55-47(52)44(46(51)48-33-26-34-49-35-37-53-38-36-49)31-39-56-40-32-45(50)54-41-42(27-22-15-11-7-3)28-23-20-18-14-10-6-2/h42-44H,5-41H2,1-4H3,(H,48,51). The number of nitrogens with one attached hydrogen (secondary N) is 1. The van der Waals surface area contributed by atoms with E-state index in [9.17, 15) is 14.4 Å². The van der Waals surface area contributed by atoms with Crippen molar-refractivity contribution in [1.82, 2.24) is 10.2 Å². The molecule has 0 radical (unpaired) electrons. The van der Waals surface area contributed by atoms with Gasteiger partial charge in [0.05, 0.1) is 26.2 Å². The fraction of sp³-hybridized carbons (Fsp3) is 0.936. The third-order valence-corrected chi connectivity index (χ3v) is 12.4. The summed E-state index contributed by atoms with van der Waals surface area (Å²) >= 11 is 1.62. The van der Waals surface area contributed by atoms with Crippen LogP contribution in [0.2, 0.25) is 0 Å². The van der Waals surface area contributed by atoms with Crippen molar-refractivity contribution in [2.24, 2.45) is 11.8 Å². The minimum absolute atomic E-state index is 0.134. The Kier molecular flexibility index (Phi) is 36.8. The van der Waals surface area contributed by atoms with Crippen LogP contribution in [0, 0.1) is 11.8 Å². The summed E-state index contributed by atoms with van der Waals surface area (Å²) in [7, 11) is 0. The van der Waals surface area contributed by atoms with Gasteiger partial charge in [0.15, 0.2) is 0 Å². The summed E-state index contributed by atoms with van der Waals surface area (Å²) < 4.78 is 17.5. The van der Waals surface area contributed by atoms with Crippen molar-refractivity contribution in [1.29, 1.82) is 0 Å². The molecule has 0 aliphatic carbocycles. The maximum atomic E-state index is 13.8. The Morgan fingerprint density at radius 1 is 0.625 bits per heavy atom. The molecule has 1 fully saturated rings. The molecule has 1 amide bonds. The summed E-state index contributed by atoms with van der Waals surface area (Å²) in [5, 5.41) is 3.07. The fourth-order valence-electron chi connectivity index (χ4n) is 7.58. The van der Waals surface area contributed by atoms with E-state index in [1.165, 1.54) is 109 Å². The molecular weight excluding hydrogens is 721 g/mol. The van der Waals surface area contributed by atoms with Gasteiger partial charge in [0.25, 0.3) is 0 Å². The zero-order chi connectivity index (χ0) is 40.7. The molecule has 9 heteroatoms. The molecule has 0 aromatic carbocycles. The molecule has 0 bridgehead atoms. The third-order valence-electron chi connectivity index (χ3n) is 11.4. The van der Waals surface area contributed by atoms with Gasteiger partial charge < -0.3 is 19.5 Å². The van der Waals surface area contributed by atoms with E-state index in [-0.39, 0.29) is 23.9 Å². The molecule has 0 saturated carbocycles. The Morgan fingerprint density at radius 3 is 1.68 bits per heavy atom. The zero-order valence-corrected chi connectivity index (χ0v) is 38.0. The Bertz CT molecular complexity index is 917. The van der Waals surface area contributed by atoms with Crippen LogP contribution in [0.5, 0.6) is 0 Å². The van der Waals surface area contributed by atoms with Gasteiger partial charge in [-0.15, -0.1) is 0 Å². The average Bonchev–Trinajstić information content (AvgIpc) is 3.20. The number of hydrogen-bond donors (Lipinski definition) is 1. The van der Waals surface area contributed by atoms with Gasteiger partial charge in [0.1, 0.15) is 12.0 Å². The maximum Gasteiger partial charge on any atom is 0.318 e. The molecule has 1 heterocycles. The van der Waals surface area contributed by atoms with Gasteiger partial charge in [-0.25, -0.2) is 0 Å². The quantitative estimate of drug-likeness (QED) is 0.0371. The second-order valence-electron chi connectivity index (χ2n) is 16.6. The first-order chi connectivity index (χ1) is 27.4. The Labute approximate surface area is 350 Å². The summed E-state index contributed by atoms with van der Waals surface area (Å²) in [5.74, 6) is 0.117. The van der Waals surface area contributed by atoms with E-state index in [4.69, 9.17) is 14.2 Å². The SMILES string of the molecule is CCCCCCCCCC(CCCCCC)OC(=O)C(CCSCCC(=O)OCC(CCCCCC)CCCCCCCC)C(=O)NCCCN1CCOCC1. The van der Waals surface area contributed by atoms with Crippen molar-refractivity contribution in [3.63, 3.8) is 0 Å². The van der Waals surface area contributed by atoms with Gasteiger partial charge in [-0.3, -0.25) is 19.3 Å². The topological polar surface area (TPSA) is 94.2 Å². The predicted molar refractivity (Wildman–Crippen MR) is 237 cm³/mol. The van der Waals surface area contributed by atoms with Crippen LogP contribution in [0.1, 0.15) is 207 Å². The molecular formula is C47H90N2O6S. The molecule has 8 nitrogen and oxygen atoms in total. The van der Waals surface area contributed by atoms with Gasteiger partial charge in [-0.2, -0.15) is 11.8 Å². The summed E-state index contributed by atoms with van der Waals surface area (Å²) in [4.78, 5) is 42.4. The molecule has 1 aliphatic rings. The van der Waals surface area contributed by atoms with Gasteiger partial charge >= 0.3 is 11.9 Å². The van der Waals surface area contributed by atoms with E-state index in [0.717, 1.165) is 90.6 Å². The predicted octanol–water partition coefficient (Wildman–Crippen LogP) is 11.9. The number of carbonyl (C=O) groups excluding carboxylic acids is 3. The van der Waals surface area contributed by atoms with Gasteiger partial charge in [-0.1, -0.05) is 150 Å². The number of esters is 2. The molecule has 1 N–H and O–H groups in total. The molecule has 1 rings (SSSR count). The molecule has 0 aromatic heterocycles. The normalized spacial score (nSPS) is 15.0. The summed E-state index contributed by atoms with van der Waals surface area (Å²) in [6, 6.07) is 0. The van der Waals surface area contributed by atoms with Crippen LogP contribution in [0.25, 0.3) is 0 Å². The molecule has 1 aliphatic heterocycles. The molecule has 0 spiro atoms. The minimum Gasteiger partial charge on any atom is -0.465 e. The van der Waals surface area contributed by atoms with Crippen molar-refractivity contribution in [2.75, 3.05) is 57.5 Å². The first kappa shape index (κ1) is 52.7. The largest absolute Gasteiger partial charge is 0.465 e. The van der Waals surface area contributed by atoms with Crippen LogP contribution >= 0.6 is 11.8 Å². The number of hydrogen-bond acceptors (Lipinski definition) is 8. The van der Waals surface area contributed by atoms with E-state index < -0.39 is 5.92 Å². The monoisotopic (exact) mass is 811 g/mol. The van der Waals surface area contributed by atoms with E-state index in [0.29, 0.717) is 43.4 Å². The van der Waals surface area contributed by atoms with Gasteiger partial charge in [0, 0.05) is 25.4 Å². The van der Waals surface area contributed by atoms with Crippen LogP contribution in [-0.4, -0.2) is 86.4 Å². The van der Waals surface area contributed by atoms with Gasteiger partial charge in [0.2, 0.25) is 5.91 Å². The first-order valence-corrected chi connectivity index (χ1v) is 25.1. The van der Waals surface area contributed by atoms with E-state index in [1.807, 2.05) is 0 Å². The number of carbonyl (C=O) groups is 3. The lowest BCUT2D eigenvalue weighted by Crippen LogP contribution is -2.40.